The van der Waals surface area contributed by atoms with Gasteiger partial charge in [0.25, 0.3) is 0 Å². The standard InChI is InChI=1S/C18H21N3O3S/c1-12(19)17(22)21-8-7-14(15-10-25-11-20-15)16(21)18(23)24-9-13-5-3-2-4-6-13/h2-6,10-12,14,16H,7-9,19H2,1H3/t12-,14?,16-/m0/s1. The van der Waals surface area contributed by atoms with E-state index in [0.29, 0.717) is 13.0 Å². The van der Waals surface area contributed by atoms with Gasteiger partial charge in [-0.1, -0.05) is 30.3 Å². The summed E-state index contributed by atoms with van der Waals surface area (Å²) < 4.78 is 5.50. The third-order valence-corrected chi connectivity index (χ3v) is 4.97. The van der Waals surface area contributed by atoms with Gasteiger partial charge in [0.1, 0.15) is 12.6 Å². The monoisotopic (exact) mass is 359 g/mol. The maximum atomic E-state index is 12.8. The number of thiazole rings is 1. The van der Waals surface area contributed by atoms with Crippen LogP contribution >= 0.6 is 11.3 Å². The SMILES string of the molecule is C[C@H](N)C(=O)N1CCC(c2cscn2)[C@H]1C(=O)OCc1ccccc1. The van der Waals surface area contributed by atoms with E-state index in [-0.39, 0.29) is 18.4 Å². The number of benzene rings is 1. The zero-order valence-electron chi connectivity index (χ0n) is 14.0. The van der Waals surface area contributed by atoms with Gasteiger partial charge in [-0.25, -0.2) is 9.78 Å². The third kappa shape index (κ3) is 3.88. The summed E-state index contributed by atoms with van der Waals surface area (Å²) in [6.45, 7) is 2.29. The Bertz CT molecular complexity index is 718. The van der Waals surface area contributed by atoms with Crippen molar-refractivity contribution in [3.63, 3.8) is 0 Å². The number of ether oxygens (including phenoxy) is 1. The molecule has 1 saturated heterocycles. The fourth-order valence-corrected chi connectivity index (χ4v) is 3.74. The lowest BCUT2D eigenvalue weighted by atomic mass is 9.97. The maximum Gasteiger partial charge on any atom is 0.329 e. The average Bonchev–Trinajstić information content (AvgIpc) is 3.28. The summed E-state index contributed by atoms with van der Waals surface area (Å²) in [6.07, 6.45) is 0.674. The van der Waals surface area contributed by atoms with E-state index in [9.17, 15) is 9.59 Å². The first-order valence-corrected chi connectivity index (χ1v) is 9.17. The van der Waals surface area contributed by atoms with Gasteiger partial charge in [-0.15, -0.1) is 11.3 Å². The molecule has 1 amide bonds. The fourth-order valence-electron chi connectivity index (χ4n) is 3.12. The first kappa shape index (κ1) is 17.6. The second kappa shape index (κ2) is 7.76. The molecule has 0 aliphatic carbocycles. The second-order valence-electron chi connectivity index (χ2n) is 6.17. The number of nitrogens with zero attached hydrogens (tertiary/aromatic N) is 2. The average molecular weight is 359 g/mol. The second-order valence-corrected chi connectivity index (χ2v) is 6.89. The Hall–Kier alpha value is -2.25. The Morgan fingerprint density at radius 1 is 1.40 bits per heavy atom. The van der Waals surface area contributed by atoms with Crippen LogP contribution < -0.4 is 5.73 Å². The molecule has 0 spiro atoms. The van der Waals surface area contributed by atoms with Crippen LogP contribution in [0.2, 0.25) is 0 Å². The number of hydrogen-bond donors (Lipinski definition) is 1. The zero-order chi connectivity index (χ0) is 17.8. The van der Waals surface area contributed by atoms with Gasteiger partial charge in [-0.05, 0) is 18.9 Å². The van der Waals surface area contributed by atoms with Crippen LogP contribution in [-0.2, 0) is 20.9 Å². The zero-order valence-corrected chi connectivity index (χ0v) is 14.8. The van der Waals surface area contributed by atoms with Crippen molar-refractivity contribution in [3.05, 3.63) is 52.5 Å². The number of rotatable bonds is 5. The third-order valence-electron chi connectivity index (χ3n) is 4.37. The number of carbonyl (C=O) groups excluding carboxylic acids is 2. The lowest BCUT2D eigenvalue weighted by Crippen LogP contribution is -2.49. The normalized spacial score (nSPS) is 21.1. The summed E-state index contributed by atoms with van der Waals surface area (Å²) >= 11 is 1.47. The molecule has 1 aliphatic heterocycles. The molecule has 1 unspecified atom stereocenters. The van der Waals surface area contributed by atoms with Gasteiger partial charge in [0.15, 0.2) is 0 Å². The first-order valence-electron chi connectivity index (χ1n) is 8.22. The number of aromatic nitrogens is 1. The van der Waals surface area contributed by atoms with Crippen molar-refractivity contribution in [1.82, 2.24) is 9.88 Å². The largest absolute Gasteiger partial charge is 0.459 e. The van der Waals surface area contributed by atoms with Crippen molar-refractivity contribution >= 4 is 23.2 Å². The van der Waals surface area contributed by atoms with Crippen LogP contribution in [0.5, 0.6) is 0 Å². The highest BCUT2D eigenvalue weighted by Crippen LogP contribution is 2.34. The molecular formula is C18H21N3O3S. The highest BCUT2D eigenvalue weighted by Gasteiger charge is 2.44. The van der Waals surface area contributed by atoms with Crippen LogP contribution in [-0.4, -0.2) is 40.4 Å². The predicted molar refractivity (Wildman–Crippen MR) is 94.9 cm³/mol. The molecule has 0 bridgehead atoms. The summed E-state index contributed by atoms with van der Waals surface area (Å²) in [4.78, 5) is 31.1. The fraction of sp³-hybridized carbons (Fsp3) is 0.389. The van der Waals surface area contributed by atoms with Crippen molar-refractivity contribution in [3.8, 4) is 0 Å². The minimum Gasteiger partial charge on any atom is -0.459 e. The minimum absolute atomic E-state index is 0.155. The lowest BCUT2D eigenvalue weighted by Gasteiger charge is -2.27. The van der Waals surface area contributed by atoms with Gasteiger partial charge < -0.3 is 15.4 Å². The predicted octanol–water partition coefficient (Wildman–Crippen LogP) is 1.92. The summed E-state index contributed by atoms with van der Waals surface area (Å²) in [6, 6.07) is 8.15. The molecule has 25 heavy (non-hydrogen) atoms. The Morgan fingerprint density at radius 2 is 2.16 bits per heavy atom. The van der Waals surface area contributed by atoms with Gasteiger partial charge in [0, 0.05) is 17.8 Å². The molecule has 2 aromatic rings. The van der Waals surface area contributed by atoms with Gasteiger partial charge in [0.2, 0.25) is 5.91 Å². The van der Waals surface area contributed by atoms with E-state index in [1.807, 2.05) is 35.7 Å². The van der Waals surface area contributed by atoms with Crippen molar-refractivity contribution < 1.29 is 14.3 Å². The van der Waals surface area contributed by atoms with Crippen LogP contribution in [0.1, 0.15) is 30.5 Å². The first-order chi connectivity index (χ1) is 12.1. The molecular weight excluding hydrogens is 338 g/mol. The van der Waals surface area contributed by atoms with Crippen LogP contribution in [0.25, 0.3) is 0 Å². The molecule has 3 rings (SSSR count). The van der Waals surface area contributed by atoms with E-state index in [4.69, 9.17) is 10.5 Å². The Labute approximate surface area is 150 Å². The Kier molecular flexibility index (Phi) is 5.45. The number of carbonyl (C=O) groups is 2. The van der Waals surface area contributed by atoms with E-state index in [0.717, 1.165) is 11.3 Å². The number of hydrogen-bond acceptors (Lipinski definition) is 6. The molecule has 1 aromatic carbocycles. The molecule has 0 saturated carbocycles. The highest BCUT2D eigenvalue weighted by atomic mass is 32.1. The summed E-state index contributed by atoms with van der Waals surface area (Å²) in [5.41, 5.74) is 9.22. The molecule has 1 fully saturated rings. The number of nitrogens with two attached hydrogens (primary N) is 1. The Morgan fingerprint density at radius 3 is 2.80 bits per heavy atom. The van der Waals surface area contributed by atoms with Crippen LogP contribution in [0.15, 0.2) is 41.2 Å². The highest BCUT2D eigenvalue weighted by molar-refractivity contribution is 7.07. The molecule has 132 valence electrons. The number of esters is 1. The summed E-state index contributed by atoms with van der Waals surface area (Å²) in [5.74, 6) is -0.801. The van der Waals surface area contributed by atoms with Crippen molar-refractivity contribution in [2.24, 2.45) is 5.73 Å². The van der Waals surface area contributed by atoms with Gasteiger partial charge in [-0.3, -0.25) is 4.79 Å². The van der Waals surface area contributed by atoms with E-state index in [2.05, 4.69) is 4.98 Å². The van der Waals surface area contributed by atoms with E-state index in [1.54, 1.807) is 17.3 Å². The smallest absolute Gasteiger partial charge is 0.329 e. The number of amides is 1. The van der Waals surface area contributed by atoms with Crippen LogP contribution in [0.4, 0.5) is 0 Å². The molecule has 7 heteroatoms. The van der Waals surface area contributed by atoms with Crippen LogP contribution in [0.3, 0.4) is 0 Å². The topological polar surface area (TPSA) is 85.5 Å². The molecule has 6 nitrogen and oxygen atoms in total. The van der Waals surface area contributed by atoms with Crippen LogP contribution in [0, 0.1) is 0 Å². The molecule has 2 N–H and O–H groups in total. The Balaban J connectivity index is 1.78. The van der Waals surface area contributed by atoms with Crippen molar-refractivity contribution in [2.45, 2.75) is 38.0 Å². The molecule has 1 aliphatic rings. The number of likely N-dealkylation sites (tertiary alicyclic amines) is 1. The van der Waals surface area contributed by atoms with E-state index < -0.39 is 18.1 Å². The molecule has 3 atom stereocenters. The van der Waals surface area contributed by atoms with E-state index >= 15 is 0 Å². The summed E-state index contributed by atoms with van der Waals surface area (Å²) in [5, 5.41) is 1.92. The van der Waals surface area contributed by atoms with Crippen molar-refractivity contribution in [1.29, 1.82) is 0 Å². The summed E-state index contributed by atoms with van der Waals surface area (Å²) in [7, 11) is 0. The van der Waals surface area contributed by atoms with Gasteiger partial charge >= 0.3 is 5.97 Å². The molecule has 2 heterocycles. The van der Waals surface area contributed by atoms with Gasteiger partial charge in [-0.2, -0.15) is 0 Å². The molecule has 1 aromatic heterocycles. The van der Waals surface area contributed by atoms with E-state index in [1.165, 1.54) is 11.3 Å². The minimum atomic E-state index is -0.677. The quantitative estimate of drug-likeness (QED) is 0.825. The van der Waals surface area contributed by atoms with Crippen molar-refractivity contribution in [2.75, 3.05) is 6.54 Å². The van der Waals surface area contributed by atoms with Gasteiger partial charge in [0.05, 0.1) is 17.2 Å². The molecule has 0 radical (unpaired) electrons. The lowest BCUT2D eigenvalue weighted by molar-refractivity contribution is -0.155. The maximum absolute atomic E-state index is 12.8.